The lowest BCUT2D eigenvalue weighted by atomic mass is 10.1. The first kappa shape index (κ1) is 28.7. The van der Waals surface area contributed by atoms with Gasteiger partial charge in [-0.2, -0.15) is 4.98 Å². The minimum absolute atomic E-state index is 0.0353. The molecule has 0 radical (unpaired) electrons. The van der Waals surface area contributed by atoms with Gasteiger partial charge in [0.2, 0.25) is 14.8 Å². The van der Waals surface area contributed by atoms with Crippen LogP contribution in [0.25, 0.3) is 0 Å². The van der Waals surface area contributed by atoms with Crippen LogP contribution in [-0.4, -0.2) is 71.3 Å². The number of ether oxygens (including phenoxy) is 4. The topological polar surface area (TPSA) is 203 Å². The van der Waals surface area contributed by atoms with Gasteiger partial charge in [0.15, 0.2) is 12.3 Å². The zero-order valence-corrected chi connectivity index (χ0v) is 21.8. The molecule has 1 aliphatic rings. The van der Waals surface area contributed by atoms with E-state index in [1.807, 2.05) is 0 Å². The Bertz CT molecular complexity index is 1400. The Kier molecular flexibility index (Phi) is 8.24. The van der Waals surface area contributed by atoms with Crippen molar-refractivity contribution in [3.05, 3.63) is 52.1 Å². The molecule has 38 heavy (non-hydrogen) atoms. The molecule has 0 saturated carbocycles. The van der Waals surface area contributed by atoms with Crippen molar-refractivity contribution < 1.29 is 46.9 Å². The molecule has 0 unspecified atom stereocenters. The van der Waals surface area contributed by atoms with E-state index >= 15 is 0 Å². The molecule has 1 aromatic heterocycles. The molecule has 0 spiro atoms. The van der Waals surface area contributed by atoms with Crippen molar-refractivity contribution in [2.45, 2.75) is 56.0 Å². The first-order chi connectivity index (χ1) is 17.7. The summed E-state index contributed by atoms with van der Waals surface area (Å²) < 4.78 is 49.1. The summed E-state index contributed by atoms with van der Waals surface area (Å²) >= 11 is 0. The number of aryl methyl sites for hydroxylation is 1. The van der Waals surface area contributed by atoms with E-state index in [1.165, 1.54) is 31.2 Å². The Hall–Kier alpha value is -3.82. The summed E-state index contributed by atoms with van der Waals surface area (Å²) in [5.74, 6) is -3.29. The van der Waals surface area contributed by atoms with Gasteiger partial charge in [-0.3, -0.25) is 14.2 Å². The first-order valence-electron chi connectivity index (χ1n) is 11.3. The first-order valence-corrected chi connectivity index (χ1v) is 12.8. The minimum atomic E-state index is -4.83. The van der Waals surface area contributed by atoms with Crippen molar-refractivity contribution in [1.29, 1.82) is 0 Å². The average Bonchev–Trinajstić information content (AvgIpc) is 3.10. The summed E-state index contributed by atoms with van der Waals surface area (Å²) in [6, 6.07) is 5.40. The van der Waals surface area contributed by atoms with Gasteiger partial charge in [0.1, 0.15) is 24.1 Å². The highest BCUT2D eigenvalue weighted by Gasteiger charge is 2.67. The smallest absolute Gasteiger partial charge is 0.351 e. The molecule has 4 atom stereocenters. The molecule has 0 aliphatic carbocycles. The second-order valence-electron chi connectivity index (χ2n) is 8.37. The van der Waals surface area contributed by atoms with Gasteiger partial charge in [-0.25, -0.2) is 18.0 Å². The average molecular weight is 554 g/mol. The summed E-state index contributed by atoms with van der Waals surface area (Å²) in [5.41, 5.74) is 4.92. The minimum Gasteiger partial charge on any atom is -0.463 e. The van der Waals surface area contributed by atoms with Crippen LogP contribution in [0, 0.1) is 6.92 Å². The highest BCUT2D eigenvalue weighted by Crippen LogP contribution is 2.45. The molecule has 0 amide bonds. The van der Waals surface area contributed by atoms with E-state index in [-0.39, 0.29) is 17.1 Å². The summed E-state index contributed by atoms with van der Waals surface area (Å²) in [5, 5.41) is 11.8. The summed E-state index contributed by atoms with van der Waals surface area (Å²) in [7, 11) is -4.83. The normalized spacial score (nSPS) is 23.0. The quantitative estimate of drug-likeness (QED) is 0.323. The fraction of sp³-hybridized carbons (Fsp3) is 0.435. The van der Waals surface area contributed by atoms with E-state index in [0.29, 0.717) is 4.57 Å². The van der Waals surface area contributed by atoms with Crippen LogP contribution in [0.2, 0.25) is 0 Å². The predicted molar refractivity (Wildman–Crippen MR) is 128 cm³/mol. The van der Waals surface area contributed by atoms with Crippen molar-refractivity contribution in [2.24, 2.45) is 0 Å². The molecule has 15 heteroatoms. The van der Waals surface area contributed by atoms with Crippen molar-refractivity contribution in [3.8, 4) is 0 Å². The van der Waals surface area contributed by atoms with Gasteiger partial charge in [0.05, 0.1) is 11.5 Å². The number of nitrogens with two attached hydrogens (primary N) is 1. The molecular weight excluding hydrogens is 526 g/mol. The van der Waals surface area contributed by atoms with Gasteiger partial charge in [0.25, 0.3) is 0 Å². The third-order valence-corrected chi connectivity index (χ3v) is 7.92. The summed E-state index contributed by atoms with van der Waals surface area (Å²) in [6.45, 7) is 4.41. The van der Waals surface area contributed by atoms with Crippen LogP contribution in [0.4, 0.5) is 5.82 Å². The van der Waals surface area contributed by atoms with Gasteiger partial charge in [-0.1, -0.05) is 17.7 Å². The van der Waals surface area contributed by atoms with E-state index < -0.39 is 69.2 Å². The lowest BCUT2D eigenvalue weighted by Crippen LogP contribution is -2.57. The molecule has 1 aromatic carbocycles. The largest absolute Gasteiger partial charge is 0.463 e. The maximum absolute atomic E-state index is 13.8. The number of nitrogens with zero attached hydrogens (tertiary/aromatic N) is 2. The number of nitrogen functional groups attached to an aromatic ring is 1. The number of aromatic nitrogens is 2. The van der Waals surface area contributed by atoms with Crippen LogP contribution in [0.5, 0.6) is 0 Å². The van der Waals surface area contributed by atoms with Crippen LogP contribution in [-0.2, 0) is 38.4 Å². The monoisotopic (exact) mass is 553 g/mol. The van der Waals surface area contributed by atoms with Crippen molar-refractivity contribution in [2.75, 3.05) is 18.9 Å². The molecule has 3 N–H and O–H groups in total. The Balaban J connectivity index is 2.26. The number of benzene rings is 1. The van der Waals surface area contributed by atoms with Gasteiger partial charge in [0, 0.05) is 20.0 Å². The molecule has 2 heterocycles. The SMILES string of the molecule is CCOC(=O)c1cn([C@@H]2O[C@H](COC(C)=O)[C@@](O)(S(=O)(=O)c3ccc(C)cc3)[C@H]2OC(C)=O)c(=O)nc1N. The number of anilines is 1. The molecule has 1 fully saturated rings. The van der Waals surface area contributed by atoms with Gasteiger partial charge in [-0.15, -0.1) is 0 Å². The zero-order chi connectivity index (χ0) is 28.4. The fourth-order valence-electron chi connectivity index (χ4n) is 3.87. The number of carbonyl (C=O) groups is 3. The lowest BCUT2D eigenvalue weighted by Gasteiger charge is -2.32. The Labute approximate surface area is 217 Å². The maximum Gasteiger partial charge on any atom is 0.351 e. The zero-order valence-electron chi connectivity index (χ0n) is 20.9. The van der Waals surface area contributed by atoms with Gasteiger partial charge >= 0.3 is 23.6 Å². The number of rotatable bonds is 8. The number of esters is 3. The maximum atomic E-state index is 13.8. The standard InChI is InChI=1S/C23H27N3O11S/c1-5-34-21(29)16-10-26(22(30)25-19(16)24)20-18(36-14(4)28)23(31,17(37-20)11-35-13(3)27)38(32,33)15-8-6-12(2)7-9-15/h6-10,17-18,20,31H,5,11H2,1-4H3,(H2,24,25,30)/t17-,18+,20-,23-/m1/s1. The Morgan fingerprint density at radius 2 is 1.79 bits per heavy atom. The van der Waals surface area contributed by atoms with Gasteiger partial charge < -0.3 is 29.8 Å². The van der Waals surface area contributed by atoms with E-state index in [1.54, 1.807) is 6.92 Å². The second-order valence-corrected chi connectivity index (χ2v) is 10.5. The number of carbonyl (C=O) groups excluding carboxylic acids is 3. The summed E-state index contributed by atoms with van der Waals surface area (Å²) in [6.07, 6.45) is -4.91. The predicted octanol–water partition coefficient (Wildman–Crippen LogP) is -0.135. The molecule has 0 bridgehead atoms. The molecule has 206 valence electrons. The molecule has 1 saturated heterocycles. The third kappa shape index (κ3) is 5.25. The molecule has 3 rings (SSSR count). The Morgan fingerprint density at radius 3 is 2.34 bits per heavy atom. The van der Waals surface area contributed by atoms with E-state index in [4.69, 9.17) is 24.7 Å². The molecular formula is C23H27N3O11S. The van der Waals surface area contributed by atoms with E-state index in [9.17, 15) is 32.7 Å². The second kappa shape index (κ2) is 10.9. The highest BCUT2D eigenvalue weighted by molar-refractivity contribution is 7.92. The Morgan fingerprint density at radius 1 is 1.16 bits per heavy atom. The van der Waals surface area contributed by atoms with Crippen molar-refractivity contribution in [1.82, 2.24) is 9.55 Å². The van der Waals surface area contributed by atoms with Crippen molar-refractivity contribution >= 4 is 33.6 Å². The van der Waals surface area contributed by atoms with Crippen molar-refractivity contribution in [3.63, 3.8) is 0 Å². The van der Waals surface area contributed by atoms with Gasteiger partial charge in [-0.05, 0) is 26.0 Å². The molecule has 2 aromatic rings. The van der Waals surface area contributed by atoms with Crippen LogP contribution < -0.4 is 11.4 Å². The number of aliphatic hydroxyl groups is 1. The van der Waals surface area contributed by atoms with Crippen LogP contribution in [0.3, 0.4) is 0 Å². The van der Waals surface area contributed by atoms with E-state index in [2.05, 4.69) is 4.98 Å². The molecule has 1 aliphatic heterocycles. The fourth-order valence-corrected chi connectivity index (χ4v) is 5.68. The van der Waals surface area contributed by atoms with Crippen LogP contribution in [0.1, 0.15) is 42.9 Å². The highest BCUT2D eigenvalue weighted by atomic mass is 32.2. The van der Waals surface area contributed by atoms with Crippen LogP contribution in [0.15, 0.2) is 40.2 Å². The van der Waals surface area contributed by atoms with E-state index in [0.717, 1.165) is 25.6 Å². The number of hydrogen-bond acceptors (Lipinski definition) is 13. The van der Waals surface area contributed by atoms with Crippen LogP contribution >= 0.6 is 0 Å². The lowest BCUT2D eigenvalue weighted by molar-refractivity contribution is -0.158. The summed E-state index contributed by atoms with van der Waals surface area (Å²) in [4.78, 5) is 48.9. The molecule has 14 nitrogen and oxygen atoms in total. The number of hydrogen-bond donors (Lipinski definition) is 2. The number of sulfone groups is 1. The third-order valence-electron chi connectivity index (χ3n) is 5.67.